The Hall–Kier alpha value is -4.32. The first-order chi connectivity index (χ1) is 21.7. The van der Waals surface area contributed by atoms with Crippen molar-refractivity contribution in [2.24, 2.45) is 5.92 Å². The lowest BCUT2D eigenvalue weighted by molar-refractivity contribution is -0.116. The van der Waals surface area contributed by atoms with Gasteiger partial charge in [0.1, 0.15) is 21.5 Å². The fourth-order valence-electron chi connectivity index (χ4n) is 4.82. The molecule has 0 radical (unpaired) electrons. The van der Waals surface area contributed by atoms with Crippen LogP contribution in [0.2, 0.25) is 0 Å². The molecule has 1 unspecified atom stereocenters. The molecule has 4 aromatic rings. The quantitative estimate of drug-likeness (QED) is 0.181. The Balaban J connectivity index is 1.07. The van der Waals surface area contributed by atoms with Crippen LogP contribution in [0.15, 0.2) is 36.7 Å². The molecule has 45 heavy (non-hydrogen) atoms. The van der Waals surface area contributed by atoms with Crippen LogP contribution < -0.4 is 20.1 Å². The number of alkyl halides is 4. The Morgan fingerprint density at radius 2 is 1.38 bits per heavy atom. The van der Waals surface area contributed by atoms with E-state index in [1.807, 2.05) is 0 Å². The third kappa shape index (κ3) is 9.84. The standard InChI is InChI=1S/C27H26F4N8O4S2/c28-24(29)42-18-6-4-16(32-12-18)10-20(40)34-26-38-36-22(44-26)9-14-2-1-3-15(8-14)23-37-39-27(45-23)35-21(41)11-17-5-7-19(13-33-17)43-25(30)31/h4-7,12-15,24-25H,1-3,8-11H2,(H,34,38,40)(H,35,39,41)/t14?,15-/m0/s1. The monoisotopic (exact) mass is 666 g/mol. The molecule has 2 N–H and O–H groups in total. The molecule has 1 aliphatic rings. The molecule has 1 saturated carbocycles. The lowest BCUT2D eigenvalue weighted by Crippen LogP contribution is -2.16. The normalized spacial score (nSPS) is 16.5. The number of anilines is 2. The maximum absolute atomic E-state index is 12.5. The van der Waals surface area contributed by atoms with Crippen LogP contribution in [0.4, 0.5) is 27.8 Å². The van der Waals surface area contributed by atoms with Gasteiger partial charge in [-0.25, -0.2) is 0 Å². The molecule has 2 amide bonds. The Kier molecular flexibility index (Phi) is 10.8. The average Bonchev–Trinajstić information content (AvgIpc) is 3.64. The van der Waals surface area contributed by atoms with Gasteiger partial charge in [-0.2, -0.15) is 17.6 Å². The summed E-state index contributed by atoms with van der Waals surface area (Å²) in [6.07, 6.45) is 6.61. The highest BCUT2D eigenvalue weighted by molar-refractivity contribution is 7.15. The van der Waals surface area contributed by atoms with E-state index < -0.39 is 13.2 Å². The highest BCUT2D eigenvalue weighted by Crippen LogP contribution is 2.39. The van der Waals surface area contributed by atoms with Crippen LogP contribution in [0, 0.1) is 5.92 Å². The summed E-state index contributed by atoms with van der Waals surface area (Å²) in [6, 6.07) is 5.52. The van der Waals surface area contributed by atoms with Crippen LogP contribution in [0.25, 0.3) is 0 Å². The van der Waals surface area contributed by atoms with E-state index in [0.717, 1.165) is 48.1 Å². The van der Waals surface area contributed by atoms with Crippen LogP contribution in [0.1, 0.15) is 53.0 Å². The largest absolute Gasteiger partial charge is 0.433 e. The zero-order valence-electron chi connectivity index (χ0n) is 23.4. The number of aromatic nitrogens is 6. The number of pyridine rings is 2. The average molecular weight is 667 g/mol. The second kappa shape index (κ2) is 15.1. The summed E-state index contributed by atoms with van der Waals surface area (Å²) in [5, 5.41) is 24.5. The van der Waals surface area contributed by atoms with E-state index in [4.69, 9.17) is 0 Å². The minimum Gasteiger partial charge on any atom is -0.433 e. The molecule has 0 spiro atoms. The number of rotatable bonds is 13. The molecule has 1 aliphatic carbocycles. The van der Waals surface area contributed by atoms with E-state index >= 15 is 0 Å². The number of halogens is 4. The SMILES string of the molecule is O=C(Cc1ccc(OC(F)F)cn1)Nc1nnc(CC2CCC[C@H](c3nnc(NC(=O)Cc4ccc(OC(F)F)cn4)s3)C2)s1. The Bertz CT molecular complexity index is 1570. The van der Waals surface area contributed by atoms with Crippen molar-refractivity contribution in [3.63, 3.8) is 0 Å². The molecule has 238 valence electrons. The summed E-state index contributed by atoms with van der Waals surface area (Å²) in [5.41, 5.74) is 0.776. The van der Waals surface area contributed by atoms with Crippen LogP contribution in [-0.2, 0) is 28.9 Å². The molecule has 0 aliphatic heterocycles. The molecule has 4 heterocycles. The summed E-state index contributed by atoms with van der Waals surface area (Å²) in [6.45, 7) is -5.90. The summed E-state index contributed by atoms with van der Waals surface area (Å²) >= 11 is 2.60. The third-order valence-corrected chi connectivity index (χ3v) is 8.59. The minimum absolute atomic E-state index is 0.0668. The number of amides is 2. The van der Waals surface area contributed by atoms with Gasteiger partial charge in [0.15, 0.2) is 0 Å². The third-order valence-electron chi connectivity index (χ3n) is 6.72. The number of carbonyl (C=O) groups excluding carboxylic acids is 2. The Labute approximate surface area is 261 Å². The van der Waals surface area contributed by atoms with Gasteiger partial charge in [0, 0.05) is 23.7 Å². The van der Waals surface area contributed by atoms with Gasteiger partial charge in [0.25, 0.3) is 0 Å². The summed E-state index contributed by atoms with van der Waals surface area (Å²) in [4.78, 5) is 32.8. The van der Waals surface area contributed by atoms with Crippen molar-refractivity contribution in [2.45, 2.75) is 64.1 Å². The molecular weight excluding hydrogens is 640 g/mol. The zero-order valence-corrected chi connectivity index (χ0v) is 25.0. The number of ether oxygens (including phenoxy) is 2. The van der Waals surface area contributed by atoms with Crippen molar-refractivity contribution in [3.8, 4) is 11.5 Å². The number of nitrogens with one attached hydrogen (secondary N) is 2. The lowest BCUT2D eigenvalue weighted by atomic mass is 9.80. The molecule has 5 rings (SSSR count). The number of hydrogen-bond donors (Lipinski definition) is 2. The first kappa shape index (κ1) is 32.1. The fraction of sp³-hybridized carbons (Fsp3) is 0.407. The second-order valence-corrected chi connectivity index (χ2v) is 12.1. The Morgan fingerprint density at radius 3 is 1.93 bits per heavy atom. The topological polar surface area (TPSA) is 154 Å². The predicted molar refractivity (Wildman–Crippen MR) is 155 cm³/mol. The zero-order chi connectivity index (χ0) is 31.8. The second-order valence-electron chi connectivity index (χ2n) is 10.1. The molecule has 0 aromatic carbocycles. The molecular formula is C27H26F4N8O4S2. The van der Waals surface area contributed by atoms with E-state index in [2.05, 4.69) is 50.5 Å². The maximum Gasteiger partial charge on any atom is 0.387 e. The smallest absolute Gasteiger partial charge is 0.387 e. The van der Waals surface area contributed by atoms with Crippen molar-refractivity contribution in [3.05, 3.63) is 58.1 Å². The summed E-state index contributed by atoms with van der Waals surface area (Å²) < 4.78 is 57.7. The van der Waals surface area contributed by atoms with Crippen LogP contribution in [0.3, 0.4) is 0 Å². The van der Waals surface area contributed by atoms with Gasteiger partial charge in [-0.3, -0.25) is 19.6 Å². The van der Waals surface area contributed by atoms with Gasteiger partial charge < -0.3 is 20.1 Å². The van der Waals surface area contributed by atoms with E-state index in [-0.39, 0.29) is 42.1 Å². The maximum atomic E-state index is 12.5. The summed E-state index contributed by atoms with van der Waals surface area (Å²) in [5.74, 6) is -0.406. The van der Waals surface area contributed by atoms with Crippen molar-refractivity contribution < 1.29 is 36.6 Å². The van der Waals surface area contributed by atoms with Gasteiger partial charge in [0.2, 0.25) is 22.1 Å². The van der Waals surface area contributed by atoms with Gasteiger partial charge in [-0.05, 0) is 49.4 Å². The highest BCUT2D eigenvalue weighted by Gasteiger charge is 2.27. The first-order valence-corrected chi connectivity index (χ1v) is 15.4. The predicted octanol–water partition coefficient (Wildman–Crippen LogP) is 5.26. The van der Waals surface area contributed by atoms with Gasteiger partial charge in [0.05, 0.1) is 25.2 Å². The van der Waals surface area contributed by atoms with E-state index in [0.29, 0.717) is 34.0 Å². The van der Waals surface area contributed by atoms with Crippen LogP contribution in [-0.4, -0.2) is 55.4 Å². The van der Waals surface area contributed by atoms with E-state index in [1.54, 1.807) is 0 Å². The number of nitrogens with zero attached hydrogens (tertiary/aromatic N) is 6. The minimum atomic E-state index is -2.95. The molecule has 0 bridgehead atoms. The first-order valence-electron chi connectivity index (χ1n) is 13.7. The molecule has 0 saturated heterocycles. The number of hydrogen-bond acceptors (Lipinski definition) is 12. The molecule has 4 aromatic heterocycles. The number of carbonyl (C=O) groups is 2. The van der Waals surface area contributed by atoms with E-state index in [9.17, 15) is 27.2 Å². The molecule has 12 nitrogen and oxygen atoms in total. The van der Waals surface area contributed by atoms with Crippen molar-refractivity contribution in [2.75, 3.05) is 10.6 Å². The van der Waals surface area contributed by atoms with Gasteiger partial charge in [-0.15, -0.1) is 20.4 Å². The van der Waals surface area contributed by atoms with Crippen molar-refractivity contribution in [1.29, 1.82) is 0 Å². The fourth-order valence-corrected chi connectivity index (χ4v) is 6.59. The molecule has 1 fully saturated rings. The molecule has 2 atom stereocenters. The van der Waals surface area contributed by atoms with E-state index in [1.165, 1.54) is 46.9 Å². The van der Waals surface area contributed by atoms with Crippen LogP contribution in [0.5, 0.6) is 11.5 Å². The summed E-state index contributed by atoms with van der Waals surface area (Å²) in [7, 11) is 0. The van der Waals surface area contributed by atoms with Crippen LogP contribution >= 0.6 is 22.7 Å². The van der Waals surface area contributed by atoms with Gasteiger partial charge >= 0.3 is 13.2 Å². The Morgan fingerprint density at radius 1 is 0.800 bits per heavy atom. The molecule has 18 heteroatoms. The highest BCUT2D eigenvalue weighted by atomic mass is 32.1. The van der Waals surface area contributed by atoms with Gasteiger partial charge in [-0.1, -0.05) is 29.1 Å². The van der Waals surface area contributed by atoms with Crippen molar-refractivity contribution >= 4 is 44.8 Å². The lowest BCUT2D eigenvalue weighted by Gasteiger charge is -2.26. The van der Waals surface area contributed by atoms with Crippen molar-refractivity contribution in [1.82, 2.24) is 30.4 Å².